The van der Waals surface area contributed by atoms with E-state index < -0.39 is 0 Å². The lowest BCUT2D eigenvalue weighted by atomic mass is 9.71. The van der Waals surface area contributed by atoms with Crippen LogP contribution in [0.15, 0.2) is 0 Å². The largest absolute Gasteiger partial charge is 0.355 e. The molecule has 0 aromatic heterocycles. The maximum Gasteiger partial charge on any atom is 0.220 e. The topological polar surface area (TPSA) is 84.2 Å². The molecule has 5 nitrogen and oxygen atoms in total. The first-order valence-corrected chi connectivity index (χ1v) is 6.79. The van der Waals surface area contributed by atoms with Gasteiger partial charge in [-0.25, -0.2) is 0 Å². The van der Waals surface area contributed by atoms with Crippen LogP contribution in [0, 0.1) is 5.41 Å². The molecule has 1 aliphatic rings. The van der Waals surface area contributed by atoms with Crippen molar-refractivity contribution in [2.24, 2.45) is 11.1 Å². The normalized spacial score (nSPS) is 18.1. The molecule has 18 heavy (non-hydrogen) atoms. The van der Waals surface area contributed by atoms with Crippen LogP contribution in [0.25, 0.3) is 0 Å². The molecule has 0 unspecified atom stereocenters. The van der Waals surface area contributed by atoms with Gasteiger partial charge in [-0.3, -0.25) is 9.59 Å². The van der Waals surface area contributed by atoms with E-state index in [9.17, 15) is 9.59 Å². The van der Waals surface area contributed by atoms with E-state index >= 15 is 0 Å². The zero-order valence-corrected chi connectivity index (χ0v) is 11.3. The van der Waals surface area contributed by atoms with Crippen LogP contribution in [0.1, 0.15) is 45.4 Å². The third kappa shape index (κ3) is 5.04. The van der Waals surface area contributed by atoms with Gasteiger partial charge in [0.2, 0.25) is 11.8 Å². The third-order valence-electron chi connectivity index (χ3n) is 3.70. The summed E-state index contributed by atoms with van der Waals surface area (Å²) in [5.74, 6) is -0.0253. The predicted molar refractivity (Wildman–Crippen MR) is 70.9 cm³/mol. The Labute approximate surface area is 109 Å². The van der Waals surface area contributed by atoms with Crippen molar-refractivity contribution in [2.75, 3.05) is 19.6 Å². The Morgan fingerprint density at radius 1 is 1.11 bits per heavy atom. The van der Waals surface area contributed by atoms with E-state index in [-0.39, 0.29) is 17.2 Å². The number of hydrogen-bond donors (Lipinski definition) is 3. The van der Waals surface area contributed by atoms with Gasteiger partial charge in [-0.2, -0.15) is 0 Å². The smallest absolute Gasteiger partial charge is 0.220 e. The first-order valence-electron chi connectivity index (χ1n) is 6.79. The number of amides is 2. The molecule has 0 aromatic carbocycles. The molecular formula is C13H25N3O2. The second-order valence-corrected chi connectivity index (χ2v) is 5.27. The van der Waals surface area contributed by atoms with E-state index in [0.717, 1.165) is 12.8 Å². The van der Waals surface area contributed by atoms with Gasteiger partial charge in [0.1, 0.15) is 0 Å². The quantitative estimate of drug-likeness (QED) is 0.606. The monoisotopic (exact) mass is 255 g/mol. The lowest BCUT2D eigenvalue weighted by Gasteiger charge is -2.35. The molecule has 0 aliphatic heterocycles. The highest BCUT2D eigenvalue weighted by Crippen LogP contribution is 2.38. The van der Waals surface area contributed by atoms with Crippen molar-refractivity contribution in [2.45, 2.75) is 45.4 Å². The maximum atomic E-state index is 11.8. The summed E-state index contributed by atoms with van der Waals surface area (Å²) >= 11 is 0. The van der Waals surface area contributed by atoms with Gasteiger partial charge >= 0.3 is 0 Å². The Balaban J connectivity index is 2.26. The average molecular weight is 255 g/mol. The Hall–Kier alpha value is -1.10. The van der Waals surface area contributed by atoms with Gasteiger partial charge in [-0.15, -0.1) is 0 Å². The molecule has 0 spiro atoms. The molecule has 4 N–H and O–H groups in total. The molecule has 1 rings (SSSR count). The van der Waals surface area contributed by atoms with Crippen molar-refractivity contribution in [3.8, 4) is 0 Å². The summed E-state index contributed by atoms with van der Waals surface area (Å²) < 4.78 is 0. The standard InChI is InChI=1S/C13H25N3O2/c1-11(17)15-7-8-16-12(18)9-13(10-14)5-3-2-4-6-13/h2-10,14H2,1H3,(H,15,17)(H,16,18). The Morgan fingerprint density at radius 3 is 2.28 bits per heavy atom. The second kappa shape index (κ2) is 7.36. The van der Waals surface area contributed by atoms with Crippen molar-refractivity contribution in [1.82, 2.24) is 10.6 Å². The molecule has 104 valence electrons. The average Bonchev–Trinajstić information content (AvgIpc) is 2.35. The summed E-state index contributed by atoms with van der Waals surface area (Å²) in [6, 6.07) is 0. The van der Waals surface area contributed by atoms with Crippen LogP contribution in [0.4, 0.5) is 0 Å². The summed E-state index contributed by atoms with van der Waals surface area (Å²) in [5.41, 5.74) is 5.85. The highest BCUT2D eigenvalue weighted by molar-refractivity contribution is 5.77. The predicted octanol–water partition coefficient (Wildman–Crippen LogP) is 0.538. The lowest BCUT2D eigenvalue weighted by Crippen LogP contribution is -2.40. The minimum absolute atomic E-state index is 0.0103. The fourth-order valence-corrected chi connectivity index (χ4v) is 2.60. The van der Waals surface area contributed by atoms with E-state index in [4.69, 9.17) is 5.73 Å². The fourth-order valence-electron chi connectivity index (χ4n) is 2.60. The SMILES string of the molecule is CC(=O)NCCNC(=O)CC1(CN)CCCCC1. The Morgan fingerprint density at radius 2 is 1.72 bits per heavy atom. The minimum Gasteiger partial charge on any atom is -0.355 e. The molecule has 0 aromatic rings. The maximum absolute atomic E-state index is 11.8. The van der Waals surface area contributed by atoms with Crippen LogP contribution in [0.5, 0.6) is 0 Å². The second-order valence-electron chi connectivity index (χ2n) is 5.27. The zero-order chi connectivity index (χ0) is 13.4. The number of nitrogens with two attached hydrogens (primary N) is 1. The van der Waals surface area contributed by atoms with Gasteiger partial charge in [0.05, 0.1) is 0 Å². The Kier molecular flexibility index (Phi) is 6.12. The van der Waals surface area contributed by atoms with E-state index in [0.29, 0.717) is 26.1 Å². The van der Waals surface area contributed by atoms with Gasteiger partial charge in [0.15, 0.2) is 0 Å². The summed E-state index contributed by atoms with van der Waals surface area (Å²) in [5, 5.41) is 5.48. The first kappa shape index (κ1) is 15.0. The first-order chi connectivity index (χ1) is 8.58. The van der Waals surface area contributed by atoms with Crippen molar-refractivity contribution in [1.29, 1.82) is 0 Å². The molecule has 0 atom stereocenters. The van der Waals surface area contributed by atoms with E-state index in [1.54, 1.807) is 0 Å². The number of nitrogens with one attached hydrogen (secondary N) is 2. The molecule has 0 heterocycles. The van der Waals surface area contributed by atoms with Crippen LogP contribution in [-0.2, 0) is 9.59 Å². The molecule has 2 amide bonds. The van der Waals surface area contributed by atoms with Gasteiger partial charge in [0, 0.05) is 26.4 Å². The molecule has 1 saturated carbocycles. The van der Waals surface area contributed by atoms with Gasteiger partial charge in [0.25, 0.3) is 0 Å². The zero-order valence-electron chi connectivity index (χ0n) is 11.3. The molecule has 1 fully saturated rings. The highest BCUT2D eigenvalue weighted by atomic mass is 16.2. The van der Waals surface area contributed by atoms with Crippen LogP contribution in [-0.4, -0.2) is 31.4 Å². The molecule has 5 heteroatoms. The van der Waals surface area contributed by atoms with E-state index in [2.05, 4.69) is 10.6 Å². The van der Waals surface area contributed by atoms with Gasteiger partial charge in [-0.05, 0) is 24.8 Å². The summed E-state index contributed by atoms with van der Waals surface area (Å²) in [6.45, 7) is 3.02. The molecule has 0 radical (unpaired) electrons. The Bertz CT molecular complexity index is 286. The molecule has 0 saturated heterocycles. The number of rotatable bonds is 6. The van der Waals surface area contributed by atoms with Crippen LogP contribution >= 0.6 is 0 Å². The van der Waals surface area contributed by atoms with E-state index in [1.807, 2.05) is 0 Å². The fraction of sp³-hybridized carbons (Fsp3) is 0.846. The highest BCUT2D eigenvalue weighted by Gasteiger charge is 2.32. The molecular weight excluding hydrogens is 230 g/mol. The number of carbonyl (C=O) groups is 2. The number of hydrogen-bond acceptors (Lipinski definition) is 3. The summed E-state index contributed by atoms with van der Waals surface area (Å²) in [7, 11) is 0. The summed E-state index contributed by atoms with van der Waals surface area (Å²) in [4.78, 5) is 22.5. The molecule has 0 bridgehead atoms. The van der Waals surface area contributed by atoms with Crippen molar-refractivity contribution in [3.63, 3.8) is 0 Å². The van der Waals surface area contributed by atoms with Crippen LogP contribution in [0.2, 0.25) is 0 Å². The van der Waals surface area contributed by atoms with Crippen molar-refractivity contribution in [3.05, 3.63) is 0 Å². The van der Waals surface area contributed by atoms with Crippen LogP contribution < -0.4 is 16.4 Å². The summed E-state index contributed by atoms with van der Waals surface area (Å²) in [6.07, 6.45) is 6.24. The van der Waals surface area contributed by atoms with Gasteiger partial charge in [-0.1, -0.05) is 19.3 Å². The minimum atomic E-state index is -0.0741. The van der Waals surface area contributed by atoms with Gasteiger partial charge < -0.3 is 16.4 Å². The van der Waals surface area contributed by atoms with Crippen molar-refractivity contribution >= 4 is 11.8 Å². The van der Waals surface area contributed by atoms with Crippen molar-refractivity contribution < 1.29 is 9.59 Å². The van der Waals surface area contributed by atoms with Crippen LogP contribution in [0.3, 0.4) is 0 Å². The number of carbonyl (C=O) groups excluding carboxylic acids is 2. The molecule has 1 aliphatic carbocycles. The third-order valence-corrected chi connectivity index (χ3v) is 3.70. The van der Waals surface area contributed by atoms with E-state index in [1.165, 1.54) is 26.2 Å². The lowest BCUT2D eigenvalue weighted by molar-refractivity contribution is -0.124.